The fourth-order valence-corrected chi connectivity index (χ4v) is 3.08. The molecular weight excluding hydrogens is 373 g/mol. The first-order chi connectivity index (χ1) is 11.6. The summed E-state index contributed by atoms with van der Waals surface area (Å²) in [6.07, 6.45) is 0.598. The summed E-state index contributed by atoms with van der Waals surface area (Å²) in [6, 6.07) is 8.64. The van der Waals surface area contributed by atoms with Crippen LogP contribution in [-0.4, -0.2) is 25.7 Å². The molecule has 0 aromatic heterocycles. The molecule has 1 N–H and O–H groups in total. The van der Waals surface area contributed by atoms with Crippen LogP contribution in [0.3, 0.4) is 0 Å². The Bertz CT molecular complexity index is 780. The normalized spacial score (nSPS) is 12.8. The van der Waals surface area contributed by atoms with Gasteiger partial charge in [-0.05, 0) is 36.2 Å². The first-order valence-electron chi connectivity index (χ1n) is 7.36. The maximum Gasteiger partial charge on any atom is 0.252 e. The molecule has 0 saturated carbocycles. The lowest BCUT2D eigenvalue weighted by atomic mass is 10.1. The Hall–Kier alpha value is -1.62. The van der Waals surface area contributed by atoms with E-state index in [-0.39, 0.29) is 10.9 Å². The molecule has 24 heavy (non-hydrogen) atoms. The first kappa shape index (κ1) is 17.2. The van der Waals surface area contributed by atoms with Gasteiger partial charge in [0.25, 0.3) is 5.91 Å². The molecule has 2 aromatic rings. The maximum absolute atomic E-state index is 12.2. The van der Waals surface area contributed by atoms with Crippen LogP contribution in [0.4, 0.5) is 0 Å². The summed E-state index contributed by atoms with van der Waals surface area (Å²) in [5.41, 5.74) is 1.30. The van der Waals surface area contributed by atoms with Crippen LogP contribution in [0.1, 0.15) is 15.9 Å². The molecule has 3 rings (SSSR count). The van der Waals surface area contributed by atoms with Gasteiger partial charge in [0.15, 0.2) is 11.5 Å². The number of hydrogen-bond acceptors (Lipinski definition) is 3. The van der Waals surface area contributed by atoms with Crippen molar-refractivity contribution in [1.82, 2.24) is 5.32 Å². The zero-order valence-corrected chi connectivity index (χ0v) is 14.8. The van der Waals surface area contributed by atoms with Crippen molar-refractivity contribution in [3.63, 3.8) is 0 Å². The molecular formula is C17H14Cl3NO3. The Labute approximate surface area is 154 Å². The van der Waals surface area contributed by atoms with Crippen LogP contribution in [0, 0.1) is 0 Å². The van der Waals surface area contributed by atoms with Crippen molar-refractivity contribution in [3.05, 3.63) is 56.5 Å². The molecule has 0 bridgehead atoms. The fourth-order valence-electron chi connectivity index (χ4n) is 2.40. The minimum Gasteiger partial charge on any atom is -0.486 e. The summed E-state index contributed by atoms with van der Waals surface area (Å²) < 4.78 is 11.0. The minimum atomic E-state index is -0.272. The molecule has 126 valence electrons. The van der Waals surface area contributed by atoms with Crippen LogP contribution in [0.25, 0.3) is 0 Å². The summed E-state index contributed by atoms with van der Waals surface area (Å²) in [4.78, 5) is 12.2. The second-order valence-corrected chi connectivity index (χ2v) is 6.40. The number of carbonyl (C=O) groups excluding carboxylic acids is 1. The van der Waals surface area contributed by atoms with Crippen molar-refractivity contribution in [2.75, 3.05) is 19.8 Å². The molecule has 0 radical (unpaired) electrons. The number of amides is 1. The standard InChI is InChI=1S/C17H14Cl3NO3/c18-12-3-1-2-11(15(12)20)17(22)21-5-4-10-8-13(19)16-14(9-10)23-6-7-24-16/h1-3,8-9H,4-7H2,(H,21,22). The van der Waals surface area contributed by atoms with E-state index in [1.807, 2.05) is 12.1 Å². The second-order valence-electron chi connectivity index (χ2n) is 5.21. The van der Waals surface area contributed by atoms with Gasteiger partial charge in [0.1, 0.15) is 13.2 Å². The largest absolute Gasteiger partial charge is 0.486 e. The molecule has 0 aliphatic carbocycles. The Kier molecular flexibility index (Phi) is 5.39. The summed E-state index contributed by atoms with van der Waals surface area (Å²) in [6.45, 7) is 1.41. The fraction of sp³-hybridized carbons (Fsp3) is 0.235. The molecule has 0 saturated heterocycles. The van der Waals surface area contributed by atoms with Crippen LogP contribution < -0.4 is 14.8 Å². The van der Waals surface area contributed by atoms with Crippen molar-refractivity contribution >= 4 is 40.7 Å². The molecule has 1 aliphatic heterocycles. The van der Waals surface area contributed by atoms with Gasteiger partial charge in [0.05, 0.1) is 20.6 Å². The molecule has 0 unspecified atom stereocenters. The number of nitrogens with one attached hydrogen (secondary N) is 1. The van der Waals surface area contributed by atoms with Crippen LogP contribution in [0.2, 0.25) is 15.1 Å². The second kappa shape index (κ2) is 7.51. The van der Waals surface area contributed by atoms with Gasteiger partial charge in [0.2, 0.25) is 0 Å². The van der Waals surface area contributed by atoms with Gasteiger partial charge < -0.3 is 14.8 Å². The van der Waals surface area contributed by atoms with Crippen molar-refractivity contribution in [3.8, 4) is 11.5 Å². The van der Waals surface area contributed by atoms with E-state index in [4.69, 9.17) is 44.3 Å². The molecule has 1 amide bonds. The third kappa shape index (κ3) is 3.72. The van der Waals surface area contributed by atoms with Gasteiger partial charge in [-0.25, -0.2) is 0 Å². The van der Waals surface area contributed by atoms with Gasteiger partial charge in [-0.1, -0.05) is 40.9 Å². The maximum atomic E-state index is 12.2. The minimum absolute atomic E-state index is 0.249. The molecule has 0 fully saturated rings. The van der Waals surface area contributed by atoms with Crippen molar-refractivity contribution in [1.29, 1.82) is 0 Å². The number of carbonyl (C=O) groups is 1. The van der Waals surface area contributed by atoms with Crippen LogP contribution in [0.5, 0.6) is 11.5 Å². The van der Waals surface area contributed by atoms with E-state index in [0.29, 0.717) is 53.3 Å². The lowest BCUT2D eigenvalue weighted by molar-refractivity contribution is 0.0954. The highest BCUT2D eigenvalue weighted by atomic mass is 35.5. The molecule has 1 heterocycles. The van der Waals surface area contributed by atoms with E-state index in [1.165, 1.54) is 0 Å². The van der Waals surface area contributed by atoms with E-state index in [0.717, 1.165) is 5.56 Å². The van der Waals surface area contributed by atoms with E-state index < -0.39 is 0 Å². The smallest absolute Gasteiger partial charge is 0.252 e. The Morgan fingerprint density at radius 2 is 1.88 bits per heavy atom. The Morgan fingerprint density at radius 1 is 1.08 bits per heavy atom. The molecule has 2 aromatic carbocycles. The zero-order valence-electron chi connectivity index (χ0n) is 12.6. The number of fused-ring (bicyclic) bond motifs is 1. The SMILES string of the molecule is O=C(NCCc1cc(Cl)c2c(c1)OCCO2)c1cccc(Cl)c1Cl. The number of rotatable bonds is 4. The Morgan fingerprint density at radius 3 is 2.71 bits per heavy atom. The lowest BCUT2D eigenvalue weighted by Crippen LogP contribution is -2.26. The van der Waals surface area contributed by atoms with Crippen LogP contribution >= 0.6 is 34.8 Å². The quantitative estimate of drug-likeness (QED) is 0.847. The lowest BCUT2D eigenvalue weighted by Gasteiger charge is -2.20. The highest BCUT2D eigenvalue weighted by Gasteiger charge is 2.17. The average molecular weight is 387 g/mol. The summed E-state index contributed by atoms with van der Waals surface area (Å²) in [5, 5.41) is 3.92. The highest BCUT2D eigenvalue weighted by Crippen LogP contribution is 2.38. The first-order valence-corrected chi connectivity index (χ1v) is 8.50. The van der Waals surface area contributed by atoms with Crippen molar-refractivity contribution in [2.24, 2.45) is 0 Å². The number of hydrogen-bond donors (Lipinski definition) is 1. The molecule has 1 aliphatic rings. The number of ether oxygens (including phenoxy) is 2. The van der Waals surface area contributed by atoms with Crippen molar-refractivity contribution in [2.45, 2.75) is 6.42 Å². The van der Waals surface area contributed by atoms with Crippen LogP contribution in [-0.2, 0) is 6.42 Å². The van der Waals surface area contributed by atoms with Gasteiger partial charge >= 0.3 is 0 Å². The summed E-state index contributed by atoms with van der Waals surface area (Å²) in [5.74, 6) is 0.931. The predicted molar refractivity (Wildman–Crippen MR) is 94.9 cm³/mol. The van der Waals surface area contributed by atoms with Gasteiger partial charge in [0, 0.05) is 6.54 Å². The Balaban J connectivity index is 1.63. The average Bonchev–Trinajstić information content (AvgIpc) is 2.57. The summed E-state index contributed by atoms with van der Waals surface area (Å²) in [7, 11) is 0. The highest BCUT2D eigenvalue weighted by molar-refractivity contribution is 6.43. The molecule has 0 atom stereocenters. The van der Waals surface area contributed by atoms with Gasteiger partial charge in [-0.3, -0.25) is 4.79 Å². The third-order valence-corrected chi connectivity index (χ3v) is 4.65. The van der Waals surface area contributed by atoms with Crippen molar-refractivity contribution < 1.29 is 14.3 Å². The summed E-state index contributed by atoms with van der Waals surface area (Å²) >= 11 is 18.2. The predicted octanol–water partition coefficient (Wildman–Crippen LogP) is 4.39. The molecule has 7 heteroatoms. The zero-order chi connectivity index (χ0) is 17.1. The van der Waals surface area contributed by atoms with Gasteiger partial charge in [-0.2, -0.15) is 0 Å². The number of halogens is 3. The molecule has 0 spiro atoms. The third-order valence-electron chi connectivity index (χ3n) is 3.55. The van der Waals surface area contributed by atoms with E-state index in [1.54, 1.807) is 18.2 Å². The monoisotopic (exact) mass is 385 g/mol. The topological polar surface area (TPSA) is 47.6 Å². The van der Waals surface area contributed by atoms with E-state index in [9.17, 15) is 4.79 Å². The molecule has 4 nitrogen and oxygen atoms in total. The number of benzene rings is 2. The van der Waals surface area contributed by atoms with E-state index in [2.05, 4.69) is 5.32 Å². The van der Waals surface area contributed by atoms with E-state index >= 15 is 0 Å². The van der Waals surface area contributed by atoms with Crippen LogP contribution in [0.15, 0.2) is 30.3 Å². The van der Waals surface area contributed by atoms with Gasteiger partial charge in [-0.15, -0.1) is 0 Å².